The first-order chi connectivity index (χ1) is 7.31. The fourth-order valence-corrected chi connectivity index (χ4v) is 2.15. The second-order valence-electron chi connectivity index (χ2n) is 3.23. The van der Waals surface area contributed by atoms with E-state index in [9.17, 15) is 0 Å². The molecule has 0 spiro atoms. The quantitative estimate of drug-likeness (QED) is 0.829. The van der Waals surface area contributed by atoms with Gasteiger partial charge in [0.05, 0.1) is 18.3 Å². The molecule has 4 heteroatoms. The van der Waals surface area contributed by atoms with E-state index in [0.717, 1.165) is 16.3 Å². The molecule has 0 radical (unpaired) electrons. The summed E-state index contributed by atoms with van der Waals surface area (Å²) in [4.78, 5) is 4.38. The van der Waals surface area contributed by atoms with Crippen LogP contribution in [0.1, 0.15) is 11.7 Å². The van der Waals surface area contributed by atoms with Crippen molar-refractivity contribution in [2.45, 2.75) is 6.04 Å². The average molecular weight is 220 g/mol. The lowest BCUT2D eigenvalue weighted by atomic mass is 10.2. The number of nitrogens with zero attached hydrogens (tertiary/aromatic N) is 1. The zero-order valence-corrected chi connectivity index (χ0v) is 8.95. The Bertz CT molecular complexity index is 427. The normalized spacial score (nSPS) is 12.7. The van der Waals surface area contributed by atoms with E-state index in [2.05, 4.69) is 4.98 Å². The summed E-state index contributed by atoms with van der Waals surface area (Å²) >= 11 is 1.54. The Morgan fingerprint density at radius 3 is 2.73 bits per heavy atom. The highest BCUT2D eigenvalue weighted by Gasteiger charge is 2.09. The van der Waals surface area contributed by atoms with Crippen LogP contribution in [0.3, 0.4) is 0 Å². The number of rotatable bonds is 3. The number of nitrogens with two attached hydrogens (primary N) is 1. The summed E-state index contributed by atoms with van der Waals surface area (Å²) < 4.78 is 0. The van der Waals surface area contributed by atoms with Crippen LogP contribution in [0.25, 0.3) is 10.6 Å². The first-order valence-corrected chi connectivity index (χ1v) is 5.56. The predicted octanol–water partition coefficient (Wildman–Crippen LogP) is 1.80. The molecule has 1 aromatic heterocycles. The van der Waals surface area contributed by atoms with Gasteiger partial charge in [-0.25, -0.2) is 4.98 Å². The summed E-state index contributed by atoms with van der Waals surface area (Å²) in [5.74, 6) is 0. The zero-order valence-electron chi connectivity index (χ0n) is 8.13. The van der Waals surface area contributed by atoms with E-state index in [-0.39, 0.29) is 12.6 Å². The van der Waals surface area contributed by atoms with Gasteiger partial charge in [0.15, 0.2) is 0 Å². The summed E-state index contributed by atoms with van der Waals surface area (Å²) in [6, 6.07) is 9.56. The number of hydrogen-bond donors (Lipinski definition) is 2. The van der Waals surface area contributed by atoms with E-state index in [4.69, 9.17) is 10.8 Å². The molecule has 3 N–H and O–H groups in total. The number of aliphatic hydroxyl groups excluding tert-OH is 1. The van der Waals surface area contributed by atoms with Crippen LogP contribution in [0.4, 0.5) is 0 Å². The summed E-state index contributed by atoms with van der Waals surface area (Å²) in [6.07, 6.45) is 0. The summed E-state index contributed by atoms with van der Waals surface area (Å²) in [7, 11) is 0. The Morgan fingerprint density at radius 2 is 2.07 bits per heavy atom. The largest absolute Gasteiger partial charge is 0.394 e. The maximum Gasteiger partial charge on any atom is 0.123 e. The second kappa shape index (κ2) is 4.53. The maximum absolute atomic E-state index is 8.91. The van der Waals surface area contributed by atoms with Gasteiger partial charge in [0.1, 0.15) is 5.01 Å². The molecule has 0 aliphatic rings. The fraction of sp³-hybridized carbons (Fsp3) is 0.182. The highest BCUT2D eigenvalue weighted by atomic mass is 32.1. The highest BCUT2D eigenvalue weighted by Crippen LogP contribution is 2.25. The average Bonchev–Trinajstić information content (AvgIpc) is 2.78. The zero-order chi connectivity index (χ0) is 10.7. The molecule has 0 saturated heterocycles. The molecule has 0 saturated carbocycles. The van der Waals surface area contributed by atoms with Gasteiger partial charge >= 0.3 is 0 Å². The van der Waals surface area contributed by atoms with Crippen molar-refractivity contribution in [3.8, 4) is 10.6 Å². The van der Waals surface area contributed by atoms with Crippen molar-refractivity contribution in [2.24, 2.45) is 5.73 Å². The van der Waals surface area contributed by atoms with E-state index in [0.29, 0.717) is 0 Å². The number of benzene rings is 1. The van der Waals surface area contributed by atoms with Gasteiger partial charge in [0.25, 0.3) is 0 Å². The van der Waals surface area contributed by atoms with Gasteiger partial charge in [-0.3, -0.25) is 0 Å². The SMILES string of the molecule is NC(CO)c1csc(-c2ccccc2)n1. The molecule has 0 aliphatic heterocycles. The van der Waals surface area contributed by atoms with E-state index >= 15 is 0 Å². The number of aromatic nitrogens is 1. The van der Waals surface area contributed by atoms with Gasteiger partial charge in [-0.2, -0.15) is 0 Å². The third kappa shape index (κ3) is 2.23. The van der Waals surface area contributed by atoms with Gasteiger partial charge in [0, 0.05) is 10.9 Å². The van der Waals surface area contributed by atoms with Crippen molar-refractivity contribution >= 4 is 11.3 Å². The molecular formula is C11H12N2OS. The lowest BCUT2D eigenvalue weighted by Crippen LogP contribution is -2.14. The van der Waals surface area contributed by atoms with Crippen molar-refractivity contribution in [1.82, 2.24) is 4.98 Å². The lowest BCUT2D eigenvalue weighted by molar-refractivity contribution is 0.266. The summed E-state index contributed by atoms with van der Waals surface area (Å²) in [6.45, 7) is -0.0715. The molecule has 1 aromatic carbocycles. The Morgan fingerprint density at radius 1 is 1.33 bits per heavy atom. The maximum atomic E-state index is 8.91. The van der Waals surface area contributed by atoms with E-state index in [1.165, 1.54) is 0 Å². The molecule has 0 amide bonds. The van der Waals surface area contributed by atoms with Gasteiger partial charge in [-0.05, 0) is 0 Å². The minimum atomic E-state index is -0.376. The Balaban J connectivity index is 2.28. The first-order valence-electron chi connectivity index (χ1n) is 4.68. The highest BCUT2D eigenvalue weighted by molar-refractivity contribution is 7.13. The van der Waals surface area contributed by atoms with Crippen molar-refractivity contribution in [3.05, 3.63) is 41.4 Å². The van der Waals surface area contributed by atoms with Crippen LogP contribution >= 0.6 is 11.3 Å². The molecule has 2 rings (SSSR count). The third-order valence-electron chi connectivity index (χ3n) is 2.12. The summed E-state index contributed by atoms with van der Waals surface area (Å²) in [5, 5.41) is 11.7. The molecule has 0 aliphatic carbocycles. The predicted molar refractivity (Wildman–Crippen MR) is 61.6 cm³/mol. The number of thiazole rings is 1. The fourth-order valence-electron chi connectivity index (χ4n) is 1.26. The summed E-state index contributed by atoms with van der Waals surface area (Å²) in [5.41, 5.74) is 7.51. The Kier molecular flexibility index (Phi) is 3.11. The van der Waals surface area contributed by atoms with Crippen molar-refractivity contribution in [1.29, 1.82) is 0 Å². The molecule has 3 nitrogen and oxygen atoms in total. The topological polar surface area (TPSA) is 59.1 Å². The molecule has 1 unspecified atom stereocenters. The molecule has 2 aromatic rings. The minimum Gasteiger partial charge on any atom is -0.394 e. The van der Waals surface area contributed by atoms with Crippen LogP contribution in [0, 0.1) is 0 Å². The third-order valence-corrected chi connectivity index (χ3v) is 3.03. The molecule has 1 atom stereocenters. The lowest BCUT2D eigenvalue weighted by Gasteiger charge is -2.02. The van der Waals surface area contributed by atoms with Crippen LogP contribution in [-0.4, -0.2) is 16.7 Å². The van der Waals surface area contributed by atoms with Crippen LogP contribution < -0.4 is 5.73 Å². The second-order valence-corrected chi connectivity index (χ2v) is 4.09. The number of hydrogen-bond acceptors (Lipinski definition) is 4. The van der Waals surface area contributed by atoms with Crippen molar-refractivity contribution in [3.63, 3.8) is 0 Å². The van der Waals surface area contributed by atoms with Gasteiger partial charge < -0.3 is 10.8 Å². The van der Waals surface area contributed by atoms with Gasteiger partial charge in [0.2, 0.25) is 0 Å². The molecule has 0 bridgehead atoms. The van der Waals surface area contributed by atoms with E-state index in [1.807, 2.05) is 35.7 Å². The van der Waals surface area contributed by atoms with E-state index in [1.54, 1.807) is 11.3 Å². The Labute approximate surface area is 92.2 Å². The molecule has 78 valence electrons. The van der Waals surface area contributed by atoms with Gasteiger partial charge in [-0.15, -0.1) is 11.3 Å². The van der Waals surface area contributed by atoms with Crippen molar-refractivity contribution in [2.75, 3.05) is 6.61 Å². The van der Waals surface area contributed by atoms with Crippen molar-refractivity contribution < 1.29 is 5.11 Å². The molecular weight excluding hydrogens is 208 g/mol. The van der Waals surface area contributed by atoms with Crippen LogP contribution in [0.5, 0.6) is 0 Å². The Hall–Kier alpha value is -1.23. The van der Waals surface area contributed by atoms with Crippen LogP contribution in [0.2, 0.25) is 0 Å². The van der Waals surface area contributed by atoms with Crippen LogP contribution in [-0.2, 0) is 0 Å². The standard InChI is InChI=1S/C11H12N2OS/c12-9(6-14)10-7-15-11(13-10)8-4-2-1-3-5-8/h1-5,7,9,14H,6,12H2. The molecule has 1 heterocycles. The minimum absolute atomic E-state index is 0.0715. The molecule has 0 fully saturated rings. The van der Waals surface area contributed by atoms with Crippen LogP contribution in [0.15, 0.2) is 35.7 Å². The molecule has 15 heavy (non-hydrogen) atoms. The first kappa shape index (κ1) is 10.3. The van der Waals surface area contributed by atoms with E-state index < -0.39 is 0 Å². The number of aliphatic hydroxyl groups is 1. The van der Waals surface area contributed by atoms with Gasteiger partial charge in [-0.1, -0.05) is 30.3 Å². The smallest absolute Gasteiger partial charge is 0.123 e. The monoisotopic (exact) mass is 220 g/mol.